The molecule has 1 aliphatic heterocycles. The van der Waals surface area contributed by atoms with Crippen molar-refractivity contribution in [2.75, 3.05) is 6.61 Å². The third-order valence-electron chi connectivity index (χ3n) is 2.50. The van der Waals surface area contributed by atoms with Crippen LogP contribution in [0.4, 0.5) is 0 Å². The van der Waals surface area contributed by atoms with Crippen molar-refractivity contribution < 1.29 is 35.4 Å². The Bertz CT molecular complexity index is 219. The highest BCUT2D eigenvalue weighted by Crippen LogP contribution is 2.29. The summed E-state index contributed by atoms with van der Waals surface area (Å²) in [6, 6.07) is 0. The van der Waals surface area contributed by atoms with Crippen LogP contribution in [0.2, 0.25) is 0 Å². The monoisotopic (exact) mass is 224 g/mol. The molecule has 0 spiro atoms. The molecular weight excluding hydrogens is 208 g/mol. The molecule has 1 saturated heterocycles. The lowest BCUT2D eigenvalue weighted by Crippen LogP contribution is -2.65. The Hall–Kier alpha value is -0.280. The standard InChI is InChI=1S/C8H16O7/c1-8(14)7(13)5(12)4(11)6(15-8)3(10)2-9/h3-7,9-14H,2H2,1H3/t3-,4-,5-,6+,7+,8-/m1/s1. The van der Waals surface area contributed by atoms with Crippen molar-refractivity contribution in [3.8, 4) is 0 Å². The normalized spacial score (nSPS) is 49.0. The van der Waals surface area contributed by atoms with E-state index in [4.69, 9.17) is 9.84 Å². The summed E-state index contributed by atoms with van der Waals surface area (Å²) in [5.41, 5.74) is 0. The Morgan fingerprint density at radius 3 is 2.27 bits per heavy atom. The number of hydrogen-bond donors (Lipinski definition) is 6. The van der Waals surface area contributed by atoms with Gasteiger partial charge in [0.1, 0.15) is 30.5 Å². The lowest BCUT2D eigenvalue weighted by atomic mass is 9.91. The molecule has 1 heterocycles. The van der Waals surface area contributed by atoms with E-state index >= 15 is 0 Å². The maximum atomic E-state index is 9.51. The van der Waals surface area contributed by atoms with E-state index in [9.17, 15) is 25.5 Å². The molecule has 15 heavy (non-hydrogen) atoms. The van der Waals surface area contributed by atoms with Crippen LogP contribution in [-0.4, -0.2) is 73.6 Å². The minimum Gasteiger partial charge on any atom is -0.394 e. The predicted octanol–water partition coefficient (Wildman–Crippen LogP) is -3.47. The Labute approximate surface area is 86.2 Å². The van der Waals surface area contributed by atoms with Crippen molar-refractivity contribution >= 4 is 0 Å². The van der Waals surface area contributed by atoms with Gasteiger partial charge < -0.3 is 35.4 Å². The summed E-state index contributed by atoms with van der Waals surface area (Å²) in [6.07, 6.45) is -7.73. The van der Waals surface area contributed by atoms with Crippen molar-refractivity contribution in [2.24, 2.45) is 0 Å². The zero-order chi connectivity index (χ0) is 11.8. The van der Waals surface area contributed by atoms with Crippen LogP contribution < -0.4 is 0 Å². The van der Waals surface area contributed by atoms with Gasteiger partial charge in [0.2, 0.25) is 0 Å². The van der Waals surface area contributed by atoms with Crippen LogP contribution in [0.5, 0.6) is 0 Å². The van der Waals surface area contributed by atoms with E-state index < -0.39 is 42.9 Å². The van der Waals surface area contributed by atoms with Crippen LogP contribution in [0.3, 0.4) is 0 Å². The molecule has 1 aliphatic rings. The highest BCUT2D eigenvalue weighted by molar-refractivity contribution is 4.96. The third kappa shape index (κ3) is 2.28. The molecular formula is C8H16O7. The van der Waals surface area contributed by atoms with Gasteiger partial charge in [0.05, 0.1) is 6.61 Å². The van der Waals surface area contributed by atoms with E-state index in [0.717, 1.165) is 6.92 Å². The maximum absolute atomic E-state index is 9.51. The van der Waals surface area contributed by atoms with E-state index in [1.165, 1.54) is 0 Å². The fraction of sp³-hybridized carbons (Fsp3) is 1.00. The van der Waals surface area contributed by atoms with Crippen LogP contribution in [-0.2, 0) is 4.74 Å². The number of hydrogen-bond acceptors (Lipinski definition) is 7. The Kier molecular flexibility index (Phi) is 3.67. The van der Waals surface area contributed by atoms with Gasteiger partial charge >= 0.3 is 0 Å². The van der Waals surface area contributed by atoms with Gasteiger partial charge in [0.15, 0.2) is 5.79 Å². The summed E-state index contributed by atoms with van der Waals surface area (Å²) in [7, 11) is 0. The summed E-state index contributed by atoms with van der Waals surface area (Å²) in [6.45, 7) is 0.393. The van der Waals surface area contributed by atoms with Gasteiger partial charge in [-0.1, -0.05) is 0 Å². The van der Waals surface area contributed by atoms with Crippen LogP contribution in [0.1, 0.15) is 6.92 Å². The molecule has 0 unspecified atom stereocenters. The molecule has 6 atom stereocenters. The van der Waals surface area contributed by atoms with Crippen molar-refractivity contribution in [3.05, 3.63) is 0 Å². The van der Waals surface area contributed by atoms with Crippen LogP contribution in [0.15, 0.2) is 0 Å². The fourth-order valence-corrected chi connectivity index (χ4v) is 1.52. The van der Waals surface area contributed by atoms with E-state index in [1.807, 2.05) is 0 Å². The molecule has 90 valence electrons. The van der Waals surface area contributed by atoms with Crippen LogP contribution in [0.25, 0.3) is 0 Å². The lowest BCUT2D eigenvalue weighted by Gasteiger charge is -2.45. The molecule has 0 aromatic rings. The summed E-state index contributed by atoms with van der Waals surface area (Å²) in [5, 5.41) is 55.5. The number of aliphatic hydroxyl groups excluding tert-OH is 5. The van der Waals surface area contributed by atoms with Gasteiger partial charge in [-0.15, -0.1) is 0 Å². The first kappa shape index (κ1) is 12.8. The van der Waals surface area contributed by atoms with E-state index in [-0.39, 0.29) is 0 Å². The Balaban J connectivity index is 2.84. The van der Waals surface area contributed by atoms with E-state index in [0.29, 0.717) is 0 Å². The molecule has 1 rings (SSSR count). The van der Waals surface area contributed by atoms with Gasteiger partial charge in [0.25, 0.3) is 0 Å². The molecule has 0 aromatic carbocycles. The Morgan fingerprint density at radius 2 is 1.80 bits per heavy atom. The van der Waals surface area contributed by atoms with Gasteiger partial charge in [-0.2, -0.15) is 0 Å². The highest BCUT2D eigenvalue weighted by atomic mass is 16.7. The third-order valence-corrected chi connectivity index (χ3v) is 2.50. The van der Waals surface area contributed by atoms with Gasteiger partial charge in [-0.3, -0.25) is 0 Å². The molecule has 0 bridgehead atoms. The molecule has 7 heteroatoms. The predicted molar refractivity (Wildman–Crippen MR) is 46.6 cm³/mol. The molecule has 7 nitrogen and oxygen atoms in total. The molecule has 0 amide bonds. The smallest absolute Gasteiger partial charge is 0.192 e. The number of aliphatic hydroxyl groups is 6. The average Bonchev–Trinajstić information content (AvgIpc) is 2.19. The van der Waals surface area contributed by atoms with Crippen molar-refractivity contribution in [2.45, 2.75) is 43.2 Å². The lowest BCUT2D eigenvalue weighted by molar-refractivity contribution is -0.350. The summed E-state index contributed by atoms with van der Waals surface area (Å²) < 4.78 is 4.81. The topological polar surface area (TPSA) is 131 Å². The van der Waals surface area contributed by atoms with Crippen molar-refractivity contribution in [1.29, 1.82) is 0 Å². The van der Waals surface area contributed by atoms with Gasteiger partial charge in [0, 0.05) is 0 Å². The van der Waals surface area contributed by atoms with E-state index in [2.05, 4.69) is 0 Å². The fourth-order valence-electron chi connectivity index (χ4n) is 1.52. The molecule has 6 N–H and O–H groups in total. The molecule has 0 radical (unpaired) electrons. The summed E-state index contributed by atoms with van der Waals surface area (Å²) in [5.74, 6) is -2.08. The number of rotatable bonds is 2. The maximum Gasteiger partial charge on any atom is 0.192 e. The van der Waals surface area contributed by atoms with E-state index in [1.54, 1.807) is 0 Å². The van der Waals surface area contributed by atoms with Gasteiger partial charge in [-0.05, 0) is 6.92 Å². The second-order valence-electron chi connectivity index (χ2n) is 3.81. The minimum absolute atomic E-state index is 0.694. The minimum atomic E-state index is -2.08. The first-order valence-corrected chi connectivity index (χ1v) is 4.54. The zero-order valence-corrected chi connectivity index (χ0v) is 8.19. The first-order chi connectivity index (χ1) is 6.81. The molecule has 0 aromatic heterocycles. The summed E-state index contributed by atoms with van der Waals surface area (Å²) in [4.78, 5) is 0. The van der Waals surface area contributed by atoms with Crippen molar-refractivity contribution in [1.82, 2.24) is 0 Å². The highest BCUT2D eigenvalue weighted by Gasteiger charge is 2.51. The SMILES string of the molecule is C[C@@]1(O)O[C@@H]([C@H](O)CO)[C@H](O)[C@@H](O)[C@@H]1O. The quantitative estimate of drug-likeness (QED) is 0.287. The Morgan fingerprint density at radius 1 is 1.27 bits per heavy atom. The molecule has 0 aliphatic carbocycles. The number of ether oxygens (including phenoxy) is 1. The molecule has 0 saturated carbocycles. The average molecular weight is 224 g/mol. The van der Waals surface area contributed by atoms with Crippen molar-refractivity contribution in [3.63, 3.8) is 0 Å². The molecule has 1 fully saturated rings. The second-order valence-corrected chi connectivity index (χ2v) is 3.81. The van der Waals surface area contributed by atoms with Gasteiger partial charge in [-0.25, -0.2) is 0 Å². The second kappa shape index (κ2) is 4.30. The first-order valence-electron chi connectivity index (χ1n) is 4.54. The largest absolute Gasteiger partial charge is 0.394 e. The van der Waals surface area contributed by atoms with Crippen LogP contribution in [0, 0.1) is 0 Å². The summed E-state index contributed by atoms with van der Waals surface area (Å²) >= 11 is 0. The zero-order valence-electron chi connectivity index (χ0n) is 8.19. The van der Waals surface area contributed by atoms with Crippen LogP contribution >= 0.6 is 0 Å².